The number of hydrogen-bond acceptors (Lipinski definition) is 4. The maximum Gasteiger partial charge on any atom is 0.113 e. The first-order valence-electron chi connectivity index (χ1n) is 14.2. The van der Waals surface area contributed by atoms with Gasteiger partial charge in [-0.25, -0.2) is 0 Å². The van der Waals surface area contributed by atoms with E-state index in [9.17, 15) is 0 Å². The van der Waals surface area contributed by atoms with Gasteiger partial charge < -0.3 is 0 Å². The van der Waals surface area contributed by atoms with E-state index in [1.54, 1.807) is 0 Å². The van der Waals surface area contributed by atoms with Crippen LogP contribution in [0, 0.1) is 5.92 Å². The molecular weight excluding hydrogens is 532 g/mol. The van der Waals surface area contributed by atoms with Gasteiger partial charge in [-0.15, -0.1) is 11.3 Å². The molecule has 5 heteroatoms. The summed E-state index contributed by atoms with van der Waals surface area (Å²) in [6.07, 6.45) is 23.6. The number of benzene rings is 1. The van der Waals surface area contributed by atoms with Crippen LogP contribution in [0.3, 0.4) is 0 Å². The minimum Gasteiger partial charge on any atom is -0.173 e. The second-order valence-electron chi connectivity index (χ2n) is 10.2. The van der Waals surface area contributed by atoms with Crippen LogP contribution in [-0.2, 0) is 6.42 Å². The van der Waals surface area contributed by atoms with Gasteiger partial charge in [0.25, 0.3) is 0 Å². The van der Waals surface area contributed by atoms with Crippen molar-refractivity contribution in [2.75, 3.05) is 0 Å². The van der Waals surface area contributed by atoms with Crippen LogP contribution < -0.4 is 0 Å². The van der Waals surface area contributed by atoms with Crippen molar-refractivity contribution < 1.29 is 0 Å². The molecule has 1 atom stereocenters. The van der Waals surface area contributed by atoms with Gasteiger partial charge in [0, 0.05) is 10.4 Å². The Labute approximate surface area is 230 Å². The standard InChI is InChI=1S/C30H45BrN2S2/c1-3-5-7-9-11-12-14-16-19-24(18-15-13-10-8-6-4-2)22-25-23-28(34-30(25)31)26-20-17-21-27-29(26)33-35-32-27/h17,20-21,23-24H,3-16,18-19,22H2,1-2H3. The summed E-state index contributed by atoms with van der Waals surface area (Å²) in [5.74, 6) is 0.803. The SMILES string of the molecule is CCCCCCCCCCC(CCCCCCCC)Cc1cc(-c2cccc3nsnc23)sc1Br. The lowest BCUT2D eigenvalue weighted by Gasteiger charge is -2.17. The number of nitrogens with zero attached hydrogens (tertiary/aromatic N) is 2. The average molecular weight is 578 g/mol. The molecule has 0 N–H and O–H groups in total. The van der Waals surface area contributed by atoms with E-state index in [0.717, 1.165) is 17.0 Å². The van der Waals surface area contributed by atoms with Crippen molar-refractivity contribution in [1.29, 1.82) is 0 Å². The van der Waals surface area contributed by atoms with Crippen LogP contribution in [0.2, 0.25) is 0 Å². The Hall–Kier alpha value is -0.780. The molecule has 1 unspecified atom stereocenters. The molecule has 0 radical (unpaired) electrons. The molecule has 0 saturated carbocycles. The molecule has 2 nitrogen and oxygen atoms in total. The van der Waals surface area contributed by atoms with Crippen LogP contribution in [-0.4, -0.2) is 8.75 Å². The highest BCUT2D eigenvalue weighted by molar-refractivity contribution is 9.11. The van der Waals surface area contributed by atoms with Gasteiger partial charge in [0.1, 0.15) is 11.0 Å². The van der Waals surface area contributed by atoms with Crippen LogP contribution in [0.4, 0.5) is 0 Å². The lowest BCUT2D eigenvalue weighted by molar-refractivity contribution is 0.400. The Morgan fingerprint density at radius 3 is 2.00 bits per heavy atom. The van der Waals surface area contributed by atoms with Crippen LogP contribution in [0.1, 0.15) is 122 Å². The summed E-state index contributed by atoms with van der Waals surface area (Å²) < 4.78 is 10.3. The zero-order valence-electron chi connectivity index (χ0n) is 22.0. The minimum atomic E-state index is 0.803. The zero-order valence-corrected chi connectivity index (χ0v) is 25.2. The summed E-state index contributed by atoms with van der Waals surface area (Å²) in [5.41, 5.74) is 4.76. The number of rotatable bonds is 19. The lowest BCUT2D eigenvalue weighted by atomic mass is 9.89. The molecule has 0 amide bonds. The monoisotopic (exact) mass is 576 g/mol. The number of hydrogen-bond donors (Lipinski definition) is 0. The molecule has 0 aliphatic carbocycles. The summed E-state index contributed by atoms with van der Waals surface area (Å²) in [7, 11) is 0. The molecule has 3 rings (SSSR count). The van der Waals surface area contributed by atoms with E-state index in [0.29, 0.717) is 0 Å². The topological polar surface area (TPSA) is 25.8 Å². The summed E-state index contributed by atoms with van der Waals surface area (Å²) >= 11 is 7.09. The molecule has 0 aliphatic heterocycles. The molecule has 0 saturated heterocycles. The molecule has 35 heavy (non-hydrogen) atoms. The van der Waals surface area contributed by atoms with Gasteiger partial charge in [-0.1, -0.05) is 129 Å². The highest BCUT2D eigenvalue weighted by Crippen LogP contribution is 2.39. The molecule has 1 aromatic carbocycles. The third kappa shape index (κ3) is 9.89. The van der Waals surface area contributed by atoms with Crippen molar-refractivity contribution in [1.82, 2.24) is 8.75 Å². The fourth-order valence-corrected chi connectivity index (χ4v) is 7.41. The first-order valence-corrected chi connectivity index (χ1v) is 16.6. The summed E-state index contributed by atoms with van der Waals surface area (Å²) in [5, 5.41) is 0. The maximum atomic E-state index is 4.57. The molecule has 0 aliphatic rings. The number of thiophene rings is 1. The zero-order chi connectivity index (χ0) is 24.7. The van der Waals surface area contributed by atoms with E-state index in [1.165, 1.54) is 141 Å². The van der Waals surface area contributed by atoms with Gasteiger partial charge in [0.15, 0.2) is 0 Å². The van der Waals surface area contributed by atoms with Crippen molar-refractivity contribution in [3.05, 3.63) is 33.6 Å². The smallest absolute Gasteiger partial charge is 0.113 e. The van der Waals surface area contributed by atoms with E-state index in [4.69, 9.17) is 0 Å². The predicted octanol–water partition coefficient (Wildman–Crippen LogP) is 11.6. The highest BCUT2D eigenvalue weighted by atomic mass is 79.9. The van der Waals surface area contributed by atoms with Crippen LogP contribution >= 0.6 is 39.0 Å². The van der Waals surface area contributed by atoms with Crippen LogP contribution in [0.25, 0.3) is 21.5 Å². The van der Waals surface area contributed by atoms with Gasteiger partial charge in [-0.2, -0.15) is 8.75 Å². The largest absolute Gasteiger partial charge is 0.173 e. The third-order valence-electron chi connectivity index (χ3n) is 7.25. The molecule has 3 aromatic rings. The van der Waals surface area contributed by atoms with Crippen molar-refractivity contribution in [2.24, 2.45) is 5.92 Å². The van der Waals surface area contributed by atoms with E-state index in [-0.39, 0.29) is 0 Å². The van der Waals surface area contributed by atoms with Gasteiger partial charge in [-0.3, -0.25) is 0 Å². The third-order valence-corrected chi connectivity index (χ3v) is 9.79. The maximum absolute atomic E-state index is 4.57. The molecule has 2 heterocycles. The fraction of sp³-hybridized carbons (Fsp3) is 0.667. The Morgan fingerprint density at radius 1 is 0.771 bits per heavy atom. The first-order chi connectivity index (χ1) is 17.2. The second kappa shape index (κ2) is 16.9. The van der Waals surface area contributed by atoms with Crippen molar-refractivity contribution in [3.63, 3.8) is 0 Å². The average Bonchev–Trinajstić information content (AvgIpc) is 3.49. The van der Waals surface area contributed by atoms with E-state index < -0.39 is 0 Å². The van der Waals surface area contributed by atoms with E-state index in [1.807, 2.05) is 11.3 Å². The van der Waals surface area contributed by atoms with Crippen molar-refractivity contribution in [3.8, 4) is 10.4 Å². The van der Waals surface area contributed by atoms with Gasteiger partial charge in [-0.05, 0) is 46.0 Å². The minimum absolute atomic E-state index is 0.803. The summed E-state index contributed by atoms with van der Waals surface area (Å²) in [6, 6.07) is 8.78. The van der Waals surface area contributed by atoms with Crippen LogP contribution in [0.5, 0.6) is 0 Å². The van der Waals surface area contributed by atoms with Crippen molar-refractivity contribution in [2.45, 2.75) is 123 Å². The predicted molar refractivity (Wildman–Crippen MR) is 161 cm³/mol. The van der Waals surface area contributed by atoms with Crippen molar-refractivity contribution >= 4 is 50.0 Å². The van der Waals surface area contributed by atoms with E-state index >= 15 is 0 Å². The molecule has 194 valence electrons. The molecule has 0 spiro atoms. The van der Waals surface area contributed by atoms with E-state index in [2.05, 4.69) is 62.8 Å². The number of fused-ring (bicyclic) bond motifs is 1. The van der Waals surface area contributed by atoms with Gasteiger partial charge >= 0.3 is 0 Å². The quantitative estimate of drug-likeness (QED) is 0.132. The molecule has 2 aromatic heterocycles. The Morgan fingerprint density at radius 2 is 1.37 bits per heavy atom. The first kappa shape index (κ1) is 28.8. The molecular formula is C30H45BrN2S2. The Balaban J connectivity index is 1.55. The molecule has 0 bridgehead atoms. The Bertz CT molecular complexity index is 964. The summed E-state index contributed by atoms with van der Waals surface area (Å²) in [4.78, 5) is 1.32. The van der Waals surface area contributed by atoms with Gasteiger partial charge in [0.2, 0.25) is 0 Å². The fourth-order valence-electron chi connectivity index (χ4n) is 5.12. The normalized spacial score (nSPS) is 12.5. The van der Waals surface area contributed by atoms with Gasteiger partial charge in [0.05, 0.1) is 15.5 Å². The second-order valence-corrected chi connectivity index (χ2v) is 13.1. The Kier molecular flexibility index (Phi) is 13.9. The number of unbranched alkanes of at least 4 members (excludes halogenated alkanes) is 12. The van der Waals surface area contributed by atoms with Crippen LogP contribution in [0.15, 0.2) is 28.1 Å². The number of aromatic nitrogens is 2. The lowest BCUT2D eigenvalue weighted by Crippen LogP contribution is -2.05. The number of halogens is 1. The highest BCUT2D eigenvalue weighted by Gasteiger charge is 2.17. The summed E-state index contributed by atoms with van der Waals surface area (Å²) in [6.45, 7) is 4.60. The molecule has 0 fully saturated rings.